The van der Waals surface area contributed by atoms with Crippen LogP contribution in [-0.2, 0) is 14.9 Å². The van der Waals surface area contributed by atoms with Gasteiger partial charge in [0, 0.05) is 12.0 Å². The van der Waals surface area contributed by atoms with Gasteiger partial charge in [-0.2, -0.15) is 0 Å². The summed E-state index contributed by atoms with van der Waals surface area (Å²) in [5.41, 5.74) is 6.39. The second-order valence-electron chi connectivity index (χ2n) is 7.95. The monoisotopic (exact) mass is 439 g/mol. The molecule has 0 radical (unpaired) electrons. The molecule has 0 atom stereocenters. The number of methoxy groups -OCH3 is 1. The second-order valence-corrected chi connectivity index (χ2v) is 7.95. The number of hydrogen-bond acceptors (Lipinski definition) is 5. The summed E-state index contributed by atoms with van der Waals surface area (Å²) in [4.78, 5) is 35.6. The lowest BCUT2D eigenvalue weighted by Crippen LogP contribution is -2.45. The van der Waals surface area contributed by atoms with E-state index in [1.165, 1.54) is 0 Å². The minimum absolute atomic E-state index is 0.193. The molecule has 2 aromatic rings. The molecular formula is C24H29N3O5. The standard InChI is InChI=1S/C24H29N3O5/c1-31-20-10-6-5-9-19(20)22(29)27-16-24(17-7-3-2-4-8-17)13-11-18(12-14-24)32-23(30)26-15-21(25)28/h2-10,18H,11-16H2,1H3,(H2,25,28)(H,26,30)(H,27,29). The molecule has 1 aliphatic rings. The Balaban J connectivity index is 1.67. The van der Waals surface area contributed by atoms with Gasteiger partial charge < -0.3 is 25.8 Å². The number of primary amides is 1. The van der Waals surface area contributed by atoms with Crippen LogP contribution in [0.25, 0.3) is 0 Å². The molecule has 0 saturated heterocycles. The Morgan fingerprint density at radius 3 is 2.31 bits per heavy atom. The normalized spacial score (nSPS) is 20.1. The van der Waals surface area contributed by atoms with Crippen molar-refractivity contribution < 1.29 is 23.9 Å². The van der Waals surface area contributed by atoms with Crippen LogP contribution in [0.2, 0.25) is 0 Å². The third-order valence-corrected chi connectivity index (χ3v) is 5.90. The van der Waals surface area contributed by atoms with Gasteiger partial charge in [-0.15, -0.1) is 0 Å². The molecule has 8 heteroatoms. The number of para-hydroxylation sites is 1. The molecule has 170 valence electrons. The fraction of sp³-hybridized carbons (Fsp3) is 0.375. The molecule has 2 aromatic carbocycles. The summed E-state index contributed by atoms with van der Waals surface area (Å²) in [6, 6.07) is 17.2. The molecule has 0 aliphatic heterocycles. The average Bonchev–Trinajstić information content (AvgIpc) is 2.82. The number of alkyl carbamates (subject to hydrolysis) is 1. The van der Waals surface area contributed by atoms with E-state index < -0.39 is 12.0 Å². The number of benzene rings is 2. The van der Waals surface area contributed by atoms with Gasteiger partial charge in [-0.1, -0.05) is 42.5 Å². The van der Waals surface area contributed by atoms with Crippen LogP contribution in [0.5, 0.6) is 5.75 Å². The molecule has 0 bridgehead atoms. The molecule has 3 amide bonds. The molecule has 1 saturated carbocycles. The van der Waals surface area contributed by atoms with E-state index in [2.05, 4.69) is 22.8 Å². The first kappa shape index (κ1) is 23.1. The molecule has 8 nitrogen and oxygen atoms in total. The number of nitrogens with one attached hydrogen (secondary N) is 2. The van der Waals surface area contributed by atoms with Gasteiger partial charge in [-0.25, -0.2) is 4.79 Å². The molecule has 1 fully saturated rings. The molecule has 0 spiro atoms. The third-order valence-electron chi connectivity index (χ3n) is 5.90. The number of amides is 3. The Morgan fingerprint density at radius 2 is 1.66 bits per heavy atom. The van der Waals surface area contributed by atoms with E-state index in [4.69, 9.17) is 15.2 Å². The van der Waals surface area contributed by atoms with Crippen molar-refractivity contribution in [1.82, 2.24) is 10.6 Å². The van der Waals surface area contributed by atoms with E-state index in [1.807, 2.05) is 24.3 Å². The zero-order valence-electron chi connectivity index (χ0n) is 18.1. The predicted molar refractivity (Wildman–Crippen MR) is 119 cm³/mol. The van der Waals surface area contributed by atoms with Crippen molar-refractivity contribution in [3.63, 3.8) is 0 Å². The van der Waals surface area contributed by atoms with E-state index in [-0.39, 0.29) is 24.0 Å². The number of rotatable bonds is 8. The Labute approximate surface area is 187 Å². The summed E-state index contributed by atoms with van der Waals surface area (Å²) in [7, 11) is 1.54. The molecule has 4 N–H and O–H groups in total. The Bertz CT molecular complexity index is 940. The summed E-state index contributed by atoms with van der Waals surface area (Å²) < 4.78 is 10.7. The maximum Gasteiger partial charge on any atom is 0.407 e. The fourth-order valence-corrected chi connectivity index (χ4v) is 4.15. The summed E-state index contributed by atoms with van der Waals surface area (Å²) in [6.45, 7) is 0.197. The minimum atomic E-state index is -0.648. The highest BCUT2D eigenvalue weighted by molar-refractivity contribution is 5.97. The first-order chi connectivity index (χ1) is 15.4. The van der Waals surface area contributed by atoms with E-state index in [0.717, 1.165) is 18.4 Å². The van der Waals surface area contributed by atoms with Crippen molar-refractivity contribution in [2.45, 2.75) is 37.2 Å². The second kappa shape index (κ2) is 10.7. The number of hydrogen-bond donors (Lipinski definition) is 3. The molecule has 1 aliphatic carbocycles. The van der Waals surface area contributed by atoms with Crippen LogP contribution in [0.4, 0.5) is 4.79 Å². The molecular weight excluding hydrogens is 410 g/mol. The van der Waals surface area contributed by atoms with Gasteiger partial charge in [0.25, 0.3) is 5.91 Å². The quantitative estimate of drug-likeness (QED) is 0.584. The van der Waals surface area contributed by atoms with E-state index in [1.54, 1.807) is 25.3 Å². The topological polar surface area (TPSA) is 120 Å². The van der Waals surface area contributed by atoms with Crippen LogP contribution >= 0.6 is 0 Å². The van der Waals surface area contributed by atoms with Gasteiger partial charge in [-0.05, 0) is 43.4 Å². The van der Waals surface area contributed by atoms with Gasteiger partial charge in [-0.3, -0.25) is 9.59 Å². The largest absolute Gasteiger partial charge is 0.496 e. The van der Waals surface area contributed by atoms with Gasteiger partial charge >= 0.3 is 6.09 Å². The van der Waals surface area contributed by atoms with Crippen LogP contribution in [0, 0.1) is 0 Å². The van der Waals surface area contributed by atoms with Crippen LogP contribution in [0.15, 0.2) is 54.6 Å². The van der Waals surface area contributed by atoms with Gasteiger partial charge in [0.15, 0.2) is 0 Å². The van der Waals surface area contributed by atoms with Crippen molar-refractivity contribution in [3.05, 3.63) is 65.7 Å². The molecule has 0 heterocycles. The van der Waals surface area contributed by atoms with Crippen molar-refractivity contribution in [3.8, 4) is 5.75 Å². The minimum Gasteiger partial charge on any atom is -0.496 e. The Morgan fingerprint density at radius 1 is 1.00 bits per heavy atom. The lowest BCUT2D eigenvalue weighted by Gasteiger charge is -2.40. The first-order valence-corrected chi connectivity index (χ1v) is 10.6. The highest BCUT2D eigenvalue weighted by Crippen LogP contribution is 2.40. The van der Waals surface area contributed by atoms with Crippen LogP contribution in [0.1, 0.15) is 41.6 Å². The molecule has 0 unspecified atom stereocenters. The Kier molecular flexibility index (Phi) is 7.70. The zero-order valence-corrected chi connectivity index (χ0v) is 18.1. The number of ether oxygens (including phenoxy) is 2. The first-order valence-electron chi connectivity index (χ1n) is 10.6. The smallest absolute Gasteiger partial charge is 0.407 e. The lowest BCUT2D eigenvalue weighted by atomic mass is 9.68. The summed E-state index contributed by atoms with van der Waals surface area (Å²) in [6.07, 6.45) is 1.84. The van der Waals surface area contributed by atoms with Crippen molar-refractivity contribution >= 4 is 17.9 Å². The van der Waals surface area contributed by atoms with Crippen LogP contribution in [-0.4, -0.2) is 44.2 Å². The van der Waals surface area contributed by atoms with E-state index in [0.29, 0.717) is 30.7 Å². The summed E-state index contributed by atoms with van der Waals surface area (Å²) in [5.74, 6) is -0.292. The van der Waals surface area contributed by atoms with Crippen LogP contribution in [0.3, 0.4) is 0 Å². The van der Waals surface area contributed by atoms with Crippen LogP contribution < -0.4 is 21.1 Å². The number of carbonyl (C=O) groups is 3. The van der Waals surface area contributed by atoms with Crippen molar-refractivity contribution in [1.29, 1.82) is 0 Å². The fourth-order valence-electron chi connectivity index (χ4n) is 4.15. The van der Waals surface area contributed by atoms with E-state index >= 15 is 0 Å². The lowest BCUT2D eigenvalue weighted by molar-refractivity contribution is -0.117. The molecule has 0 aromatic heterocycles. The maximum absolute atomic E-state index is 12.9. The predicted octanol–water partition coefficient (Wildman–Crippen LogP) is 2.52. The van der Waals surface area contributed by atoms with Gasteiger partial charge in [0.1, 0.15) is 11.9 Å². The van der Waals surface area contributed by atoms with Gasteiger partial charge in [0.2, 0.25) is 5.91 Å². The van der Waals surface area contributed by atoms with Crippen molar-refractivity contribution in [2.24, 2.45) is 5.73 Å². The number of carbonyl (C=O) groups excluding carboxylic acids is 3. The molecule has 32 heavy (non-hydrogen) atoms. The summed E-state index contributed by atoms with van der Waals surface area (Å²) in [5, 5.41) is 5.43. The maximum atomic E-state index is 12.9. The summed E-state index contributed by atoms with van der Waals surface area (Å²) >= 11 is 0. The SMILES string of the molecule is COc1ccccc1C(=O)NCC1(c2ccccc2)CCC(OC(=O)NCC(N)=O)CC1. The van der Waals surface area contributed by atoms with Gasteiger partial charge in [0.05, 0.1) is 19.2 Å². The Hall–Kier alpha value is -3.55. The highest BCUT2D eigenvalue weighted by atomic mass is 16.6. The molecule has 3 rings (SSSR count). The average molecular weight is 440 g/mol. The third kappa shape index (κ3) is 5.78. The highest BCUT2D eigenvalue weighted by Gasteiger charge is 2.38. The van der Waals surface area contributed by atoms with E-state index in [9.17, 15) is 14.4 Å². The van der Waals surface area contributed by atoms with Crippen molar-refractivity contribution in [2.75, 3.05) is 20.2 Å². The zero-order chi connectivity index (χ0) is 23.0. The number of nitrogens with two attached hydrogens (primary N) is 1.